The Morgan fingerprint density at radius 3 is 2.75 bits per heavy atom. The van der Waals surface area contributed by atoms with E-state index < -0.39 is 5.60 Å². The zero-order valence-electron chi connectivity index (χ0n) is 14.6. The van der Waals surface area contributed by atoms with Crippen molar-refractivity contribution in [2.75, 3.05) is 26.8 Å². The average Bonchev–Trinajstić information content (AvgIpc) is 2.57. The highest BCUT2D eigenvalue weighted by Crippen LogP contribution is 2.31. The molecule has 1 heterocycles. The molecule has 134 valence electrons. The molecule has 1 aromatic carbocycles. The molecule has 0 bridgehead atoms. The fraction of sp³-hybridized carbons (Fsp3) is 0.632. The van der Waals surface area contributed by atoms with E-state index in [-0.39, 0.29) is 17.6 Å². The van der Waals surface area contributed by atoms with Crippen LogP contribution in [0.2, 0.25) is 0 Å². The van der Waals surface area contributed by atoms with Crippen molar-refractivity contribution in [1.82, 2.24) is 4.90 Å². The first-order valence-corrected chi connectivity index (χ1v) is 8.68. The second kappa shape index (κ2) is 8.58. The molecule has 24 heavy (non-hydrogen) atoms. The molecule has 0 aromatic heterocycles. The van der Waals surface area contributed by atoms with Crippen LogP contribution in [0, 0.1) is 11.7 Å². The van der Waals surface area contributed by atoms with E-state index in [9.17, 15) is 14.3 Å². The van der Waals surface area contributed by atoms with Crippen molar-refractivity contribution in [3.63, 3.8) is 0 Å². The standard InChI is InChI=1S/C19H28FNO3/c1-15-14-21(12-10-19(15,23)11-13-24-2)18(22)5-3-4-16-6-8-17(20)9-7-16/h6-9,15,23H,3-5,10-14H2,1-2H3/t15-,19-/m1/s1. The minimum atomic E-state index is -0.735. The summed E-state index contributed by atoms with van der Waals surface area (Å²) in [5.74, 6) is -0.0571. The summed E-state index contributed by atoms with van der Waals surface area (Å²) in [6.07, 6.45) is 3.22. The van der Waals surface area contributed by atoms with Crippen molar-refractivity contribution in [2.45, 2.75) is 44.6 Å². The quantitative estimate of drug-likeness (QED) is 0.832. The van der Waals surface area contributed by atoms with E-state index in [1.165, 1.54) is 12.1 Å². The number of likely N-dealkylation sites (tertiary alicyclic amines) is 1. The van der Waals surface area contributed by atoms with Crippen LogP contribution in [0.4, 0.5) is 4.39 Å². The Morgan fingerprint density at radius 1 is 1.42 bits per heavy atom. The zero-order valence-corrected chi connectivity index (χ0v) is 14.6. The Bertz CT molecular complexity index is 534. The van der Waals surface area contributed by atoms with Crippen LogP contribution < -0.4 is 0 Å². The van der Waals surface area contributed by atoms with Gasteiger partial charge in [-0.2, -0.15) is 0 Å². The number of aliphatic hydroxyl groups is 1. The third-order valence-electron chi connectivity index (χ3n) is 5.09. The molecule has 1 fully saturated rings. The molecule has 1 amide bonds. The first-order chi connectivity index (χ1) is 11.4. The van der Waals surface area contributed by atoms with Crippen molar-refractivity contribution in [1.29, 1.82) is 0 Å². The zero-order chi connectivity index (χ0) is 17.6. The fourth-order valence-electron chi connectivity index (χ4n) is 3.30. The first-order valence-electron chi connectivity index (χ1n) is 8.68. The van der Waals surface area contributed by atoms with Gasteiger partial charge in [0.05, 0.1) is 5.60 Å². The minimum Gasteiger partial charge on any atom is -0.389 e. The number of carbonyl (C=O) groups is 1. The molecule has 1 aliphatic rings. The molecular formula is C19H28FNO3. The molecule has 1 N–H and O–H groups in total. The van der Waals surface area contributed by atoms with Gasteiger partial charge in [0, 0.05) is 39.1 Å². The number of piperidine rings is 1. The van der Waals surface area contributed by atoms with E-state index >= 15 is 0 Å². The van der Waals surface area contributed by atoms with Crippen LogP contribution in [0.5, 0.6) is 0 Å². The summed E-state index contributed by atoms with van der Waals surface area (Å²) in [7, 11) is 1.63. The van der Waals surface area contributed by atoms with E-state index in [1.807, 2.05) is 11.8 Å². The highest BCUT2D eigenvalue weighted by atomic mass is 19.1. The van der Waals surface area contributed by atoms with Gasteiger partial charge in [0.15, 0.2) is 0 Å². The van der Waals surface area contributed by atoms with Gasteiger partial charge >= 0.3 is 0 Å². The van der Waals surface area contributed by atoms with Crippen LogP contribution in [0.1, 0.15) is 38.2 Å². The third kappa shape index (κ3) is 5.02. The minimum absolute atomic E-state index is 0.0439. The van der Waals surface area contributed by atoms with Crippen LogP contribution in [0.25, 0.3) is 0 Å². The normalized spacial score (nSPS) is 24.2. The molecule has 5 heteroatoms. The van der Waals surface area contributed by atoms with Crippen LogP contribution in [-0.2, 0) is 16.0 Å². The summed E-state index contributed by atoms with van der Waals surface area (Å²) < 4.78 is 17.9. The number of aryl methyl sites for hydroxylation is 1. The molecule has 0 saturated carbocycles. The molecule has 0 unspecified atom stereocenters. The number of benzene rings is 1. The third-order valence-corrected chi connectivity index (χ3v) is 5.09. The van der Waals surface area contributed by atoms with Gasteiger partial charge in [0.2, 0.25) is 5.91 Å². The van der Waals surface area contributed by atoms with Gasteiger partial charge < -0.3 is 14.7 Å². The van der Waals surface area contributed by atoms with Crippen molar-refractivity contribution >= 4 is 5.91 Å². The summed E-state index contributed by atoms with van der Waals surface area (Å²) in [6, 6.07) is 6.42. The molecule has 1 aromatic rings. The number of nitrogens with zero attached hydrogens (tertiary/aromatic N) is 1. The number of carbonyl (C=O) groups excluding carboxylic acids is 1. The Kier molecular flexibility index (Phi) is 6.75. The van der Waals surface area contributed by atoms with E-state index in [0.717, 1.165) is 18.4 Å². The van der Waals surface area contributed by atoms with Gasteiger partial charge in [-0.05, 0) is 43.4 Å². The molecule has 2 rings (SSSR count). The lowest BCUT2D eigenvalue weighted by Gasteiger charge is -2.43. The lowest BCUT2D eigenvalue weighted by Crippen LogP contribution is -2.52. The molecule has 4 nitrogen and oxygen atoms in total. The fourth-order valence-corrected chi connectivity index (χ4v) is 3.30. The number of methoxy groups -OCH3 is 1. The van der Waals surface area contributed by atoms with Gasteiger partial charge in [0.1, 0.15) is 5.82 Å². The second-order valence-electron chi connectivity index (χ2n) is 6.82. The van der Waals surface area contributed by atoms with Crippen LogP contribution in [-0.4, -0.2) is 48.3 Å². The predicted molar refractivity (Wildman–Crippen MR) is 91.1 cm³/mol. The molecule has 0 aliphatic carbocycles. The smallest absolute Gasteiger partial charge is 0.222 e. The maximum atomic E-state index is 12.9. The maximum absolute atomic E-state index is 12.9. The molecule has 1 saturated heterocycles. The number of amides is 1. The molecule has 0 spiro atoms. The Morgan fingerprint density at radius 2 is 2.12 bits per heavy atom. The van der Waals surface area contributed by atoms with Gasteiger partial charge in [-0.15, -0.1) is 0 Å². The number of rotatable bonds is 7. The van der Waals surface area contributed by atoms with Gasteiger partial charge in [-0.3, -0.25) is 4.79 Å². The molecule has 2 atom stereocenters. The van der Waals surface area contributed by atoms with Crippen molar-refractivity contribution in [2.24, 2.45) is 5.92 Å². The summed E-state index contributed by atoms with van der Waals surface area (Å²) in [5, 5.41) is 10.7. The van der Waals surface area contributed by atoms with Crippen LogP contribution >= 0.6 is 0 Å². The summed E-state index contributed by atoms with van der Waals surface area (Å²) in [4.78, 5) is 14.2. The lowest BCUT2D eigenvalue weighted by atomic mass is 9.80. The highest BCUT2D eigenvalue weighted by molar-refractivity contribution is 5.76. The van der Waals surface area contributed by atoms with Crippen molar-refractivity contribution < 1.29 is 19.0 Å². The van der Waals surface area contributed by atoms with Gasteiger partial charge in [-0.1, -0.05) is 19.1 Å². The topological polar surface area (TPSA) is 49.8 Å². The van der Waals surface area contributed by atoms with Crippen LogP contribution in [0.3, 0.4) is 0 Å². The van der Waals surface area contributed by atoms with Crippen molar-refractivity contribution in [3.8, 4) is 0 Å². The number of halogens is 1. The maximum Gasteiger partial charge on any atom is 0.222 e. The average molecular weight is 337 g/mol. The lowest BCUT2D eigenvalue weighted by molar-refractivity contribution is -0.140. The predicted octanol–water partition coefficient (Wildman–Crippen LogP) is 2.78. The van der Waals surface area contributed by atoms with E-state index in [0.29, 0.717) is 39.0 Å². The Labute approximate surface area is 143 Å². The summed E-state index contributed by atoms with van der Waals surface area (Å²) in [5.41, 5.74) is 0.311. The van der Waals surface area contributed by atoms with E-state index in [1.54, 1.807) is 19.2 Å². The highest BCUT2D eigenvalue weighted by Gasteiger charge is 2.39. The Balaban J connectivity index is 1.76. The number of hydrogen-bond acceptors (Lipinski definition) is 3. The van der Waals surface area contributed by atoms with E-state index in [4.69, 9.17) is 4.74 Å². The number of ether oxygens (including phenoxy) is 1. The number of hydrogen-bond donors (Lipinski definition) is 1. The van der Waals surface area contributed by atoms with Gasteiger partial charge in [0.25, 0.3) is 0 Å². The van der Waals surface area contributed by atoms with Crippen LogP contribution in [0.15, 0.2) is 24.3 Å². The SMILES string of the molecule is COCC[C@]1(O)CCN(C(=O)CCCc2ccc(F)cc2)C[C@H]1C. The van der Waals surface area contributed by atoms with Gasteiger partial charge in [-0.25, -0.2) is 4.39 Å². The van der Waals surface area contributed by atoms with Crippen molar-refractivity contribution in [3.05, 3.63) is 35.6 Å². The summed E-state index contributed by atoms with van der Waals surface area (Å²) in [6.45, 7) is 3.72. The van der Waals surface area contributed by atoms with E-state index in [2.05, 4.69) is 0 Å². The molecular weight excluding hydrogens is 309 g/mol. The molecule has 0 radical (unpaired) electrons. The molecule has 1 aliphatic heterocycles. The summed E-state index contributed by atoms with van der Waals surface area (Å²) >= 11 is 0. The largest absolute Gasteiger partial charge is 0.389 e. The first kappa shape index (κ1) is 18.9. The second-order valence-corrected chi connectivity index (χ2v) is 6.82. The Hall–Kier alpha value is -1.46. The monoisotopic (exact) mass is 337 g/mol.